The fraction of sp³-hybridized carbons (Fsp3) is 0.0556. The van der Waals surface area contributed by atoms with Crippen LogP contribution < -0.4 is 11.1 Å². The average molecular weight is 336 g/mol. The number of nitrogens with zero attached hydrogens (tertiary/aromatic N) is 2. The van der Waals surface area contributed by atoms with Crippen molar-refractivity contribution in [1.29, 1.82) is 0 Å². The summed E-state index contributed by atoms with van der Waals surface area (Å²) in [7, 11) is 0. The zero-order valence-corrected chi connectivity index (χ0v) is 13.9. The number of aromatic nitrogens is 2. The first-order chi connectivity index (χ1) is 11.7. The van der Waals surface area contributed by atoms with Crippen LogP contribution in [-0.4, -0.2) is 22.1 Å². The summed E-state index contributed by atoms with van der Waals surface area (Å²) in [6, 6.07) is 18.8. The van der Waals surface area contributed by atoms with Crippen molar-refractivity contribution in [2.45, 2.75) is 5.16 Å². The summed E-state index contributed by atoms with van der Waals surface area (Å²) in [5.74, 6) is 0.250. The second-order valence-electron chi connectivity index (χ2n) is 5.06. The summed E-state index contributed by atoms with van der Waals surface area (Å²) in [6.45, 7) is 0. The molecule has 0 bridgehead atoms. The van der Waals surface area contributed by atoms with Gasteiger partial charge in [-0.15, -0.1) is 0 Å². The molecule has 3 N–H and O–H groups in total. The van der Waals surface area contributed by atoms with E-state index in [4.69, 9.17) is 5.73 Å². The molecule has 0 aliphatic carbocycles. The van der Waals surface area contributed by atoms with Crippen LogP contribution in [0.1, 0.15) is 10.4 Å². The molecule has 0 spiro atoms. The lowest BCUT2D eigenvalue weighted by atomic mass is 10.1. The highest BCUT2D eigenvalue weighted by molar-refractivity contribution is 7.98. The van der Waals surface area contributed by atoms with Crippen molar-refractivity contribution >= 4 is 29.2 Å². The van der Waals surface area contributed by atoms with Crippen LogP contribution in [0.25, 0.3) is 11.3 Å². The Balaban J connectivity index is 1.91. The molecule has 0 atom stereocenters. The minimum atomic E-state index is -0.445. The molecule has 24 heavy (non-hydrogen) atoms. The standard InChI is InChI=1S/C18H16N4OS/c1-24-18-21-15(12-5-3-2-4-6-12)11-16(22-18)20-14-9-7-13(8-10-14)17(19)23/h2-11H,1H3,(H2,19,23)(H,20,21,22). The first-order valence-corrected chi connectivity index (χ1v) is 8.53. The number of hydrogen-bond donors (Lipinski definition) is 2. The molecule has 0 fully saturated rings. The van der Waals surface area contributed by atoms with Gasteiger partial charge in [-0.2, -0.15) is 0 Å². The number of rotatable bonds is 5. The molecule has 0 unspecified atom stereocenters. The van der Waals surface area contributed by atoms with E-state index in [-0.39, 0.29) is 0 Å². The van der Waals surface area contributed by atoms with Gasteiger partial charge in [0.05, 0.1) is 5.69 Å². The molecule has 120 valence electrons. The third-order valence-electron chi connectivity index (χ3n) is 3.40. The van der Waals surface area contributed by atoms with Gasteiger partial charge in [0.15, 0.2) is 5.16 Å². The third-order valence-corrected chi connectivity index (χ3v) is 3.95. The predicted molar refractivity (Wildman–Crippen MR) is 97.5 cm³/mol. The van der Waals surface area contributed by atoms with Gasteiger partial charge >= 0.3 is 0 Å². The van der Waals surface area contributed by atoms with E-state index in [0.717, 1.165) is 16.9 Å². The van der Waals surface area contributed by atoms with Crippen molar-refractivity contribution in [3.8, 4) is 11.3 Å². The van der Waals surface area contributed by atoms with E-state index in [1.807, 2.05) is 42.7 Å². The number of thioether (sulfide) groups is 1. The smallest absolute Gasteiger partial charge is 0.248 e. The van der Waals surface area contributed by atoms with E-state index >= 15 is 0 Å². The van der Waals surface area contributed by atoms with Gasteiger partial charge in [0.25, 0.3) is 0 Å². The summed E-state index contributed by atoms with van der Waals surface area (Å²) in [4.78, 5) is 20.2. The predicted octanol–water partition coefficient (Wildman–Crippen LogP) is 3.71. The quantitative estimate of drug-likeness (QED) is 0.548. The highest BCUT2D eigenvalue weighted by atomic mass is 32.2. The van der Waals surface area contributed by atoms with Crippen molar-refractivity contribution in [3.63, 3.8) is 0 Å². The Hall–Kier alpha value is -2.86. The van der Waals surface area contributed by atoms with E-state index < -0.39 is 5.91 Å². The molecule has 0 radical (unpaired) electrons. The molecular weight excluding hydrogens is 320 g/mol. The van der Waals surface area contributed by atoms with E-state index in [0.29, 0.717) is 16.5 Å². The topological polar surface area (TPSA) is 80.9 Å². The monoisotopic (exact) mass is 336 g/mol. The molecule has 1 aromatic heterocycles. The Morgan fingerprint density at radius 1 is 1.04 bits per heavy atom. The van der Waals surface area contributed by atoms with Gasteiger partial charge in [0.1, 0.15) is 5.82 Å². The van der Waals surface area contributed by atoms with Crippen LogP contribution in [0.15, 0.2) is 65.8 Å². The molecule has 1 heterocycles. The van der Waals surface area contributed by atoms with Crippen LogP contribution in [0.3, 0.4) is 0 Å². The van der Waals surface area contributed by atoms with Gasteiger partial charge in [-0.05, 0) is 30.5 Å². The second-order valence-corrected chi connectivity index (χ2v) is 5.83. The Kier molecular flexibility index (Phi) is 4.77. The molecule has 3 aromatic rings. The third kappa shape index (κ3) is 3.72. The SMILES string of the molecule is CSc1nc(Nc2ccc(C(N)=O)cc2)cc(-c2ccccc2)n1. The first kappa shape index (κ1) is 16.0. The van der Waals surface area contributed by atoms with Crippen molar-refractivity contribution in [1.82, 2.24) is 9.97 Å². The van der Waals surface area contributed by atoms with Crippen molar-refractivity contribution in [3.05, 3.63) is 66.2 Å². The number of nitrogens with one attached hydrogen (secondary N) is 1. The summed E-state index contributed by atoms with van der Waals surface area (Å²) in [5.41, 5.74) is 8.43. The fourth-order valence-corrected chi connectivity index (χ4v) is 2.58. The molecule has 5 nitrogen and oxygen atoms in total. The van der Waals surface area contributed by atoms with Gasteiger partial charge < -0.3 is 11.1 Å². The molecule has 1 amide bonds. The van der Waals surface area contributed by atoms with Crippen LogP contribution in [-0.2, 0) is 0 Å². The number of nitrogens with two attached hydrogens (primary N) is 1. The van der Waals surface area contributed by atoms with E-state index in [2.05, 4.69) is 15.3 Å². The summed E-state index contributed by atoms with van der Waals surface area (Å²) in [5, 5.41) is 3.93. The van der Waals surface area contributed by atoms with Gasteiger partial charge in [-0.3, -0.25) is 4.79 Å². The van der Waals surface area contributed by atoms with Crippen molar-refractivity contribution in [2.75, 3.05) is 11.6 Å². The van der Waals surface area contributed by atoms with Crippen LogP contribution in [0.5, 0.6) is 0 Å². The van der Waals surface area contributed by atoms with Crippen LogP contribution in [0, 0.1) is 0 Å². The minimum absolute atomic E-state index is 0.445. The summed E-state index contributed by atoms with van der Waals surface area (Å²) in [6.07, 6.45) is 1.94. The van der Waals surface area contributed by atoms with Crippen LogP contribution in [0.2, 0.25) is 0 Å². The maximum atomic E-state index is 11.1. The maximum Gasteiger partial charge on any atom is 0.248 e. The molecule has 0 saturated carbocycles. The van der Waals surface area contributed by atoms with Crippen LogP contribution in [0.4, 0.5) is 11.5 Å². The molecule has 0 aliphatic rings. The number of carbonyl (C=O) groups is 1. The van der Waals surface area contributed by atoms with E-state index in [1.54, 1.807) is 24.3 Å². The minimum Gasteiger partial charge on any atom is -0.366 e. The highest BCUT2D eigenvalue weighted by Crippen LogP contribution is 2.24. The number of anilines is 2. The summed E-state index contributed by atoms with van der Waals surface area (Å²) < 4.78 is 0. The van der Waals surface area contributed by atoms with Gasteiger partial charge in [-0.25, -0.2) is 9.97 Å². The molecule has 0 aliphatic heterocycles. The van der Waals surface area contributed by atoms with Gasteiger partial charge in [0.2, 0.25) is 5.91 Å². The van der Waals surface area contributed by atoms with Crippen molar-refractivity contribution < 1.29 is 4.79 Å². The largest absolute Gasteiger partial charge is 0.366 e. The van der Waals surface area contributed by atoms with Gasteiger partial charge in [0, 0.05) is 22.9 Å². The lowest BCUT2D eigenvalue weighted by Crippen LogP contribution is -2.10. The van der Waals surface area contributed by atoms with Crippen molar-refractivity contribution in [2.24, 2.45) is 5.73 Å². The maximum absolute atomic E-state index is 11.1. The number of amides is 1. The molecule has 2 aromatic carbocycles. The highest BCUT2D eigenvalue weighted by Gasteiger charge is 2.07. The van der Waals surface area contributed by atoms with Crippen LogP contribution >= 0.6 is 11.8 Å². The molecule has 6 heteroatoms. The molecule has 3 rings (SSSR count). The molecule has 0 saturated heterocycles. The molecular formula is C18H16N4OS. The van der Waals surface area contributed by atoms with E-state index in [9.17, 15) is 4.79 Å². The Labute approximate surface area is 144 Å². The normalized spacial score (nSPS) is 10.4. The lowest BCUT2D eigenvalue weighted by molar-refractivity contribution is 0.100. The Morgan fingerprint density at radius 3 is 2.38 bits per heavy atom. The average Bonchev–Trinajstić information content (AvgIpc) is 2.62. The number of benzene rings is 2. The second kappa shape index (κ2) is 7.14. The zero-order valence-electron chi connectivity index (χ0n) is 13.1. The Morgan fingerprint density at radius 2 is 1.75 bits per heavy atom. The number of primary amides is 1. The first-order valence-electron chi connectivity index (χ1n) is 7.31. The zero-order chi connectivity index (χ0) is 16.9. The fourth-order valence-electron chi connectivity index (χ4n) is 2.20. The Bertz CT molecular complexity index is 851. The lowest BCUT2D eigenvalue weighted by Gasteiger charge is -2.09. The summed E-state index contributed by atoms with van der Waals surface area (Å²) >= 11 is 1.49. The number of carbonyl (C=O) groups excluding carboxylic acids is 1. The van der Waals surface area contributed by atoms with Gasteiger partial charge in [-0.1, -0.05) is 42.1 Å². The van der Waals surface area contributed by atoms with E-state index in [1.165, 1.54) is 11.8 Å². The number of hydrogen-bond acceptors (Lipinski definition) is 5.